The molecule has 358 valence electrons. The molecule has 13 heteroatoms. The van der Waals surface area contributed by atoms with Crippen molar-refractivity contribution in [2.75, 3.05) is 6.61 Å². The summed E-state index contributed by atoms with van der Waals surface area (Å²) in [5.74, 6) is 4.01. The normalized spacial score (nSPS) is 36.0. The molecule has 9 nitrogen and oxygen atoms in total. The molecule has 0 aromatic carbocycles. The first-order valence-corrected chi connectivity index (χ1v) is 38.5. The van der Waals surface area contributed by atoms with Crippen LogP contribution in [0, 0.1) is 46.3 Å². The first-order valence-electron chi connectivity index (χ1n) is 24.9. The summed E-state index contributed by atoms with van der Waals surface area (Å²) in [4.78, 5) is 26.7. The lowest BCUT2D eigenvalue weighted by Crippen LogP contribution is -2.67. The minimum absolute atomic E-state index is 0.0110. The van der Waals surface area contributed by atoms with E-state index in [0.717, 1.165) is 54.8 Å². The molecule has 0 bridgehead atoms. The second-order valence-electron chi connectivity index (χ2n) is 25.2. The summed E-state index contributed by atoms with van der Waals surface area (Å²) in [5.41, 5.74) is 2.17. The Morgan fingerprint density at radius 2 is 1.31 bits per heavy atom. The topological polar surface area (TPSA) is 98.8 Å². The Labute approximate surface area is 383 Å². The van der Waals surface area contributed by atoms with Crippen molar-refractivity contribution in [3.05, 3.63) is 11.6 Å². The number of carbonyl (C=O) groups is 2. The predicted molar refractivity (Wildman–Crippen MR) is 261 cm³/mol. The van der Waals surface area contributed by atoms with Gasteiger partial charge in [0.25, 0.3) is 0 Å². The molecular weight excluding hydrogens is 845 g/mol. The van der Waals surface area contributed by atoms with Crippen molar-refractivity contribution in [1.82, 2.24) is 0 Å². The van der Waals surface area contributed by atoms with Crippen molar-refractivity contribution in [2.45, 2.75) is 233 Å². The lowest BCUT2D eigenvalue weighted by Gasteiger charge is -2.58. The van der Waals surface area contributed by atoms with Gasteiger partial charge in [-0.25, -0.2) is 0 Å². The van der Waals surface area contributed by atoms with Crippen LogP contribution < -0.4 is 0 Å². The van der Waals surface area contributed by atoms with E-state index >= 15 is 0 Å². The third kappa shape index (κ3) is 13.7. The molecule has 4 aliphatic carbocycles. The molecule has 5 rings (SSSR count). The van der Waals surface area contributed by atoms with E-state index in [2.05, 4.69) is 119 Å². The van der Waals surface area contributed by atoms with Crippen LogP contribution in [0.2, 0.25) is 78.6 Å². The highest BCUT2D eigenvalue weighted by Crippen LogP contribution is 2.67. The summed E-state index contributed by atoms with van der Waals surface area (Å²) in [7, 11) is -8.45. The first kappa shape index (κ1) is 52.3. The smallest absolute Gasteiger partial charge is 0.306 e. The van der Waals surface area contributed by atoms with Crippen LogP contribution in [-0.2, 0) is 41.5 Å². The van der Waals surface area contributed by atoms with Gasteiger partial charge in [-0.2, -0.15) is 0 Å². The van der Waals surface area contributed by atoms with E-state index in [1.807, 2.05) is 0 Å². The number of esters is 2. The average Bonchev–Trinajstić information content (AvgIpc) is 3.47. The maximum atomic E-state index is 13.3. The van der Waals surface area contributed by atoms with Gasteiger partial charge in [0.1, 0.15) is 37.1 Å². The molecule has 1 heterocycles. The Hall–Kier alpha value is -0.652. The molecule has 3 unspecified atom stereocenters. The molecule has 1 aliphatic heterocycles. The van der Waals surface area contributed by atoms with Crippen molar-refractivity contribution in [2.24, 2.45) is 46.3 Å². The highest BCUT2D eigenvalue weighted by Gasteiger charge is 2.59. The Morgan fingerprint density at radius 3 is 1.92 bits per heavy atom. The summed E-state index contributed by atoms with van der Waals surface area (Å²) < 4.78 is 46.0. The van der Waals surface area contributed by atoms with Crippen LogP contribution >= 0.6 is 0 Å². The van der Waals surface area contributed by atoms with Gasteiger partial charge in [-0.15, -0.1) is 0 Å². The van der Waals surface area contributed by atoms with E-state index in [-0.39, 0.29) is 36.9 Å². The van der Waals surface area contributed by atoms with Crippen molar-refractivity contribution in [1.29, 1.82) is 0 Å². The fourth-order valence-electron chi connectivity index (χ4n) is 12.5. The van der Waals surface area contributed by atoms with Crippen LogP contribution in [0.15, 0.2) is 11.6 Å². The zero-order valence-corrected chi connectivity index (χ0v) is 46.6. The van der Waals surface area contributed by atoms with Crippen LogP contribution in [0.4, 0.5) is 0 Å². The largest absolute Gasteiger partial charge is 0.463 e. The summed E-state index contributed by atoms with van der Waals surface area (Å²) in [6.45, 7) is 38.3. The monoisotopic (exact) mass is 937 g/mol. The van der Waals surface area contributed by atoms with Crippen molar-refractivity contribution < 1.29 is 41.5 Å². The number of hydrogen-bond acceptors (Lipinski definition) is 9. The average molecular weight is 938 g/mol. The highest BCUT2D eigenvalue weighted by atomic mass is 28.4. The summed E-state index contributed by atoms with van der Waals surface area (Å²) in [6.07, 6.45) is 13.1. The second kappa shape index (κ2) is 20.3. The molecule has 0 spiro atoms. The van der Waals surface area contributed by atoms with Gasteiger partial charge < -0.3 is 31.9 Å². The Morgan fingerprint density at radius 1 is 0.710 bits per heavy atom. The number of allylic oxidation sites excluding steroid dienone is 1. The van der Waals surface area contributed by atoms with E-state index in [0.29, 0.717) is 5.41 Å². The molecule has 0 radical (unpaired) electrons. The molecule has 3 saturated carbocycles. The second-order valence-corrected chi connectivity index (χ2v) is 43.0. The molecule has 1 saturated heterocycles. The zero-order chi connectivity index (χ0) is 46.2. The van der Waals surface area contributed by atoms with Crippen molar-refractivity contribution >= 4 is 45.2 Å². The lowest BCUT2D eigenvalue weighted by atomic mass is 9.47. The zero-order valence-electron chi connectivity index (χ0n) is 42.6. The Bertz CT molecular complexity index is 1540. The van der Waals surface area contributed by atoms with E-state index < -0.39 is 69.9 Å². The minimum Gasteiger partial charge on any atom is -0.463 e. The van der Waals surface area contributed by atoms with Gasteiger partial charge in [-0.3, -0.25) is 9.59 Å². The van der Waals surface area contributed by atoms with Gasteiger partial charge in [-0.1, -0.05) is 65.5 Å². The fourth-order valence-corrected chi connectivity index (χ4v) is 16.7. The van der Waals surface area contributed by atoms with Crippen LogP contribution in [0.1, 0.15) is 118 Å². The molecule has 0 aromatic heterocycles. The van der Waals surface area contributed by atoms with E-state index in [9.17, 15) is 9.59 Å². The number of ether oxygens (including phenoxy) is 3. The summed E-state index contributed by atoms with van der Waals surface area (Å²) in [6, 6.07) is 0. The lowest BCUT2D eigenvalue weighted by molar-refractivity contribution is -0.270. The standard InChI is InChI=1S/C49H92O9Si4/c1-33(2)19-18-20-34(3)38-23-24-39-37-22-21-35-31-36(27-29-48(35,4)40(37)28-30-49(38,39)5)53-43(51)26-25-42(50)52-32-41-44(55-59(6,7)8)45(56-60(9,10)11)46(57-61(12,13)14)47(54-41)58-62(15,16)17/h21,33-34,36-41,44-47H,18-20,22-32H2,1-17H3/t34?,36-,37?,38+,39-,40-,41+,44+,45-,46+,47?,48-,49+/m0/s1. The maximum Gasteiger partial charge on any atom is 0.306 e. The van der Waals surface area contributed by atoms with Gasteiger partial charge in [-0.05, 0) is 170 Å². The van der Waals surface area contributed by atoms with Gasteiger partial charge in [0.05, 0.1) is 12.8 Å². The van der Waals surface area contributed by atoms with Gasteiger partial charge in [0, 0.05) is 6.42 Å². The van der Waals surface area contributed by atoms with Crippen LogP contribution in [0.3, 0.4) is 0 Å². The minimum atomic E-state index is -2.14. The van der Waals surface area contributed by atoms with Crippen molar-refractivity contribution in [3.63, 3.8) is 0 Å². The summed E-state index contributed by atoms with van der Waals surface area (Å²) in [5, 5.41) is 0. The van der Waals surface area contributed by atoms with E-state index in [4.69, 9.17) is 31.9 Å². The molecule has 13 atom stereocenters. The quantitative estimate of drug-likeness (QED) is 0.0712. The summed E-state index contributed by atoms with van der Waals surface area (Å²) >= 11 is 0. The molecule has 5 aliphatic rings. The molecule has 0 aromatic rings. The van der Waals surface area contributed by atoms with E-state index in [1.165, 1.54) is 56.9 Å². The molecule has 0 amide bonds. The Kier molecular flexibility index (Phi) is 17.1. The third-order valence-corrected chi connectivity index (χ3v) is 18.9. The van der Waals surface area contributed by atoms with Crippen LogP contribution in [0.5, 0.6) is 0 Å². The number of hydrogen-bond donors (Lipinski definition) is 0. The van der Waals surface area contributed by atoms with Gasteiger partial charge in [0.15, 0.2) is 39.6 Å². The fraction of sp³-hybridized carbons (Fsp3) is 0.918. The molecule has 0 N–H and O–H groups in total. The molecule has 62 heavy (non-hydrogen) atoms. The number of carbonyl (C=O) groups excluding carboxylic acids is 2. The first-order chi connectivity index (χ1) is 28.5. The Balaban J connectivity index is 1.17. The highest BCUT2D eigenvalue weighted by molar-refractivity contribution is 6.71. The third-order valence-electron chi connectivity index (χ3n) is 15.0. The maximum absolute atomic E-state index is 13.3. The molecule has 4 fully saturated rings. The van der Waals surface area contributed by atoms with Gasteiger partial charge >= 0.3 is 11.9 Å². The molecular formula is C49H92O9Si4. The number of rotatable bonds is 19. The van der Waals surface area contributed by atoms with Crippen LogP contribution in [-0.4, -0.2) is 88.6 Å². The van der Waals surface area contributed by atoms with Crippen molar-refractivity contribution in [3.8, 4) is 0 Å². The van der Waals surface area contributed by atoms with E-state index in [1.54, 1.807) is 0 Å². The van der Waals surface area contributed by atoms with Crippen LogP contribution in [0.25, 0.3) is 0 Å². The SMILES string of the molecule is CC(C)CCCC(C)[C@H]1CC[C@H]2C3CC=C4C[C@@H](OC(=O)CCC(=O)OC[C@H]5OC(O[Si](C)(C)C)[C@H](O[Si](C)(C)C)[C@@H](O[Si](C)(C)C)[C@@H]5O[Si](C)(C)C)CC[C@]4(C)[C@H]3CC[C@]12C. The predicted octanol–water partition coefficient (Wildman–Crippen LogP) is 12.5. The number of fused-ring (bicyclic) bond motifs is 5. The van der Waals surface area contributed by atoms with Gasteiger partial charge in [0.2, 0.25) is 0 Å².